The van der Waals surface area contributed by atoms with Gasteiger partial charge in [0.05, 0.1) is 0 Å². The van der Waals surface area contributed by atoms with Gasteiger partial charge in [-0.15, -0.1) is 22.7 Å². The predicted molar refractivity (Wildman–Crippen MR) is 70.0 cm³/mol. The van der Waals surface area contributed by atoms with E-state index in [0.717, 1.165) is 19.6 Å². The summed E-state index contributed by atoms with van der Waals surface area (Å²) in [5.74, 6) is 0. The molecule has 2 heterocycles. The molecule has 0 saturated carbocycles. The van der Waals surface area contributed by atoms with Gasteiger partial charge in [-0.2, -0.15) is 0 Å². The van der Waals surface area contributed by atoms with Crippen LogP contribution in [0.25, 0.3) is 9.40 Å². The molecule has 4 heteroatoms. The molecule has 0 amide bonds. The van der Waals surface area contributed by atoms with Crippen LogP contribution in [0.5, 0.6) is 0 Å². The normalized spacial score (nSPS) is 11.7. The number of nitrogens with one attached hydrogen (secondary N) is 1. The van der Waals surface area contributed by atoms with Crippen LogP contribution in [0.2, 0.25) is 0 Å². The predicted octanol–water partition coefficient (Wildman–Crippen LogP) is 2.61. The summed E-state index contributed by atoms with van der Waals surface area (Å²) in [6, 6.07) is 4.53. The van der Waals surface area contributed by atoms with Gasteiger partial charge in [0.15, 0.2) is 0 Å². The number of likely N-dealkylation sites (N-methyl/N-ethyl adjacent to an activating group) is 2. The summed E-state index contributed by atoms with van der Waals surface area (Å²) in [6.45, 7) is 3.21. The van der Waals surface area contributed by atoms with Gasteiger partial charge in [0, 0.05) is 33.9 Å². The Labute approximate surface area is 98.5 Å². The molecule has 0 unspecified atom stereocenters. The van der Waals surface area contributed by atoms with E-state index in [2.05, 4.69) is 34.8 Å². The number of nitrogens with zero attached hydrogens (tertiary/aromatic N) is 1. The summed E-state index contributed by atoms with van der Waals surface area (Å²) in [6.07, 6.45) is 0. The Hall–Kier alpha value is -0.420. The monoisotopic (exact) mass is 240 g/mol. The zero-order valence-electron chi connectivity index (χ0n) is 9.12. The topological polar surface area (TPSA) is 15.3 Å². The molecule has 0 radical (unpaired) electrons. The second kappa shape index (κ2) is 5.07. The van der Waals surface area contributed by atoms with Gasteiger partial charge in [-0.05, 0) is 31.6 Å². The summed E-state index contributed by atoms with van der Waals surface area (Å²) >= 11 is 3.75. The Morgan fingerprint density at radius 3 is 3.00 bits per heavy atom. The molecule has 0 bridgehead atoms. The largest absolute Gasteiger partial charge is 0.318 e. The highest BCUT2D eigenvalue weighted by Crippen LogP contribution is 2.30. The average Bonchev–Trinajstić information content (AvgIpc) is 2.74. The lowest BCUT2D eigenvalue weighted by molar-refractivity contribution is 0.331. The molecule has 2 nitrogen and oxygen atoms in total. The first-order valence-electron chi connectivity index (χ1n) is 5.08. The lowest BCUT2D eigenvalue weighted by atomic mass is 10.4. The molecule has 2 aromatic heterocycles. The maximum Gasteiger partial charge on any atom is 0.0453 e. The van der Waals surface area contributed by atoms with E-state index in [-0.39, 0.29) is 0 Å². The van der Waals surface area contributed by atoms with E-state index in [1.54, 1.807) is 0 Å². The van der Waals surface area contributed by atoms with Crippen LogP contribution in [0.1, 0.15) is 4.88 Å². The third-order valence-electron chi connectivity index (χ3n) is 2.36. The highest BCUT2D eigenvalue weighted by Gasteiger charge is 2.05. The minimum atomic E-state index is 1.05. The van der Waals surface area contributed by atoms with Crippen LogP contribution in [0.15, 0.2) is 17.5 Å². The van der Waals surface area contributed by atoms with Crippen LogP contribution < -0.4 is 5.32 Å². The van der Waals surface area contributed by atoms with Gasteiger partial charge in [0.2, 0.25) is 0 Å². The van der Waals surface area contributed by atoms with Crippen LogP contribution in [0.4, 0.5) is 0 Å². The zero-order chi connectivity index (χ0) is 10.7. The van der Waals surface area contributed by atoms with Gasteiger partial charge >= 0.3 is 0 Å². The van der Waals surface area contributed by atoms with Crippen molar-refractivity contribution in [3.63, 3.8) is 0 Å². The van der Waals surface area contributed by atoms with E-state index in [0.29, 0.717) is 0 Å². The molecular weight excluding hydrogens is 224 g/mol. The molecule has 0 saturated heterocycles. The maximum atomic E-state index is 3.17. The molecule has 15 heavy (non-hydrogen) atoms. The maximum absolute atomic E-state index is 3.17. The van der Waals surface area contributed by atoms with Crippen molar-refractivity contribution in [3.8, 4) is 0 Å². The molecule has 0 aromatic carbocycles. The second-order valence-corrected chi connectivity index (χ2v) is 5.82. The van der Waals surface area contributed by atoms with Gasteiger partial charge in [-0.1, -0.05) is 0 Å². The minimum Gasteiger partial charge on any atom is -0.318 e. The number of hydrogen-bond donors (Lipinski definition) is 1. The van der Waals surface area contributed by atoms with Crippen molar-refractivity contribution in [2.24, 2.45) is 0 Å². The summed E-state index contributed by atoms with van der Waals surface area (Å²) < 4.78 is 2.86. The highest BCUT2D eigenvalue weighted by molar-refractivity contribution is 7.26. The lowest BCUT2D eigenvalue weighted by Crippen LogP contribution is -2.26. The molecule has 0 atom stereocenters. The third kappa shape index (κ3) is 2.78. The number of hydrogen-bond acceptors (Lipinski definition) is 4. The molecule has 0 spiro atoms. The van der Waals surface area contributed by atoms with Crippen molar-refractivity contribution in [2.45, 2.75) is 6.54 Å². The van der Waals surface area contributed by atoms with Gasteiger partial charge < -0.3 is 10.2 Å². The molecule has 0 aliphatic heterocycles. The number of fused-ring (bicyclic) bond motifs is 1. The number of rotatable bonds is 5. The van der Waals surface area contributed by atoms with E-state index >= 15 is 0 Å². The smallest absolute Gasteiger partial charge is 0.0453 e. The van der Waals surface area contributed by atoms with E-state index in [1.807, 2.05) is 29.7 Å². The van der Waals surface area contributed by atoms with Crippen LogP contribution in [-0.4, -0.2) is 32.1 Å². The first-order chi connectivity index (χ1) is 7.29. The zero-order valence-corrected chi connectivity index (χ0v) is 10.8. The Balaban J connectivity index is 1.96. The molecule has 1 N–H and O–H groups in total. The fourth-order valence-electron chi connectivity index (χ4n) is 1.54. The minimum absolute atomic E-state index is 1.05. The molecule has 0 aliphatic carbocycles. The fraction of sp³-hybridized carbons (Fsp3) is 0.455. The molecule has 82 valence electrons. The van der Waals surface area contributed by atoms with Crippen molar-refractivity contribution >= 4 is 32.1 Å². The average molecular weight is 240 g/mol. The molecule has 0 aliphatic rings. The standard InChI is InChI=1S/C11H16N2S2/c1-12-4-5-13(2)8-9-7-11-10(15-9)3-6-14-11/h3,6-7,12H,4-5,8H2,1-2H3. The quantitative estimate of drug-likeness (QED) is 0.864. The van der Waals surface area contributed by atoms with Gasteiger partial charge in [-0.25, -0.2) is 0 Å². The number of thiophene rings is 2. The van der Waals surface area contributed by atoms with Gasteiger partial charge in [-0.3, -0.25) is 0 Å². The van der Waals surface area contributed by atoms with E-state index in [4.69, 9.17) is 0 Å². The van der Waals surface area contributed by atoms with Crippen LogP contribution in [-0.2, 0) is 6.54 Å². The second-order valence-electron chi connectivity index (χ2n) is 3.70. The Morgan fingerprint density at radius 2 is 2.27 bits per heavy atom. The lowest BCUT2D eigenvalue weighted by Gasteiger charge is -2.14. The summed E-state index contributed by atoms with van der Waals surface area (Å²) in [5.41, 5.74) is 0. The summed E-state index contributed by atoms with van der Waals surface area (Å²) in [7, 11) is 4.17. The van der Waals surface area contributed by atoms with E-state index in [9.17, 15) is 0 Å². The first-order valence-corrected chi connectivity index (χ1v) is 6.78. The summed E-state index contributed by atoms with van der Waals surface area (Å²) in [4.78, 5) is 3.82. The van der Waals surface area contributed by atoms with E-state index in [1.165, 1.54) is 14.3 Å². The molecule has 2 rings (SSSR count). The van der Waals surface area contributed by atoms with Crippen molar-refractivity contribution < 1.29 is 0 Å². The SMILES string of the molecule is CNCCN(C)Cc1cc2sccc2s1. The van der Waals surface area contributed by atoms with Crippen molar-refractivity contribution in [1.82, 2.24) is 10.2 Å². The Morgan fingerprint density at radius 1 is 1.40 bits per heavy atom. The Kier molecular flexibility index (Phi) is 3.75. The molecule has 2 aromatic rings. The highest BCUT2D eigenvalue weighted by atomic mass is 32.1. The summed E-state index contributed by atoms with van der Waals surface area (Å²) in [5, 5.41) is 5.33. The van der Waals surface area contributed by atoms with Crippen molar-refractivity contribution in [1.29, 1.82) is 0 Å². The fourth-order valence-corrected chi connectivity index (χ4v) is 3.76. The molecule has 0 fully saturated rings. The Bertz CT molecular complexity index is 390. The van der Waals surface area contributed by atoms with Gasteiger partial charge in [0.25, 0.3) is 0 Å². The third-order valence-corrected chi connectivity index (χ3v) is 4.44. The van der Waals surface area contributed by atoms with E-state index < -0.39 is 0 Å². The van der Waals surface area contributed by atoms with Crippen LogP contribution in [0, 0.1) is 0 Å². The molecular formula is C11H16N2S2. The van der Waals surface area contributed by atoms with Crippen LogP contribution >= 0.6 is 22.7 Å². The van der Waals surface area contributed by atoms with Crippen molar-refractivity contribution in [2.75, 3.05) is 27.2 Å². The first kappa shape index (κ1) is 11.1. The van der Waals surface area contributed by atoms with Crippen LogP contribution in [0.3, 0.4) is 0 Å². The van der Waals surface area contributed by atoms with Crippen molar-refractivity contribution in [3.05, 3.63) is 22.4 Å². The van der Waals surface area contributed by atoms with Gasteiger partial charge in [0.1, 0.15) is 0 Å².